The Morgan fingerprint density at radius 1 is 1.23 bits per heavy atom. The first kappa shape index (κ1) is 15.8. The van der Waals surface area contributed by atoms with Crippen LogP contribution >= 0.6 is 0 Å². The van der Waals surface area contributed by atoms with Crippen molar-refractivity contribution in [1.82, 2.24) is 14.9 Å². The van der Waals surface area contributed by atoms with Gasteiger partial charge in [0.25, 0.3) is 5.91 Å². The average molecular weight is 300 g/mol. The number of rotatable bonds is 6. The molecule has 22 heavy (non-hydrogen) atoms. The van der Waals surface area contributed by atoms with Crippen LogP contribution in [0.5, 0.6) is 0 Å². The van der Waals surface area contributed by atoms with Crippen LogP contribution in [0.1, 0.15) is 22.3 Å². The zero-order valence-electron chi connectivity index (χ0n) is 12.8. The number of nitrogens with one attached hydrogen (secondary N) is 2. The maximum absolute atomic E-state index is 11.9. The molecule has 0 radical (unpaired) electrons. The van der Waals surface area contributed by atoms with Gasteiger partial charge < -0.3 is 15.2 Å². The quantitative estimate of drug-likeness (QED) is 0.789. The molecule has 0 aliphatic carbocycles. The van der Waals surface area contributed by atoms with E-state index in [1.807, 2.05) is 25.3 Å². The van der Waals surface area contributed by atoms with Gasteiger partial charge in [-0.1, -0.05) is 6.07 Å². The van der Waals surface area contributed by atoms with Crippen LogP contribution in [0.25, 0.3) is 0 Å². The van der Waals surface area contributed by atoms with Crippen LogP contribution in [0.2, 0.25) is 0 Å². The van der Waals surface area contributed by atoms with Gasteiger partial charge in [0.05, 0.1) is 5.56 Å². The van der Waals surface area contributed by atoms with Crippen molar-refractivity contribution in [3.63, 3.8) is 0 Å². The molecule has 2 heterocycles. The first-order valence-corrected chi connectivity index (χ1v) is 7.17. The highest BCUT2D eigenvalue weighted by molar-refractivity contribution is 5.93. The Morgan fingerprint density at radius 2 is 2.05 bits per heavy atom. The molecule has 0 bridgehead atoms. The summed E-state index contributed by atoms with van der Waals surface area (Å²) in [5.74, 6) is 0.652. The van der Waals surface area contributed by atoms with Crippen molar-refractivity contribution >= 4 is 11.7 Å². The summed E-state index contributed by atoms with van der Waals surface area (Å²) in [5.41, 5.74) is 1.47. The van der Waals surface area contributed by atoms with Crippen molar-refractivity contribution in [2.24, 2.45) is 7.05 Å². The van der Waals surface area contributed by atoms with Crippen molar-refractivity contribution in [3.8, 4) is 0 Å². The number of aromatic nitrogens is 2. The molecule has 1 amide bonds. The molecule has 2 aromatic heterocycles. The van der Waals surface area contributed by atoms with Gasteiger partial charge in [-0.3, -0.25) is 9.59 Å². The lowest BCUT2D eigenvalue weighted by Crippen LogP contribution is -2.27. The maximum Gasteiger partial charge on any atom is 0.252 e. The second-order valence-corrected chi connectivity index (χ2v) is 5.12. The van der Waals surface area contributed by atoms with Crippen molar-refractivity contribution < 1.29 is 4.79 Å². The number of anilines is 1. The normalized spacial score (nSPS) is 10.3. The van der Waals surface area contributed by atoms with E-state index in [-0.39, 0.29) is 11.5 Å². The van der Waals surface area contributed by atoms with Gasteiger partial charge in [-0.2, -0.15) is 0 Å². The summed E-state index contributed by atoms with van der Waals surface area (Å²) in [6.45, 7) is 3.27. The minimum absolute atomic E-state index is 0.133. The van der Waals surface area contributed by atoms with Gasteiger partial charge in [-0.15, -0.1) is 0 Å². The SMILES string of the molecule is Cc1ccc(NCCCNC(=O)c2ccc(=O)n(C)c2)nc1. The molecular weight excluding hydrogens is 280 g/mol. The number of carbonyl (C=O) groups is 1. The number of carbonyl (C=O) groups excluding carboxylic acids is 1. The van der Waals surface area contributed by atoms with Crippen LogP contribution < -0.4 is 16.2 Å². The van der Waals surface area contributed by atoms with E-state index in [9.17, 15) is 9.59 Å². The summed E-state index contributed by atoms with van der Waals surface area (Å²) in [6.07, 6.45) is 4.13. The molecule has 2 aromatic rings. The molecule has 6 nitrogen and oxygen atoms in total. The van der Waals surface area contributed by atoms with Crippen LogP contribution in [0, 0.1) is 6.92 Å². The van der Waals surface area contributed by atoms with Crippen LogP contribution in [-0.4, -0.2) is 28.5 Å². The number of amides is 1. The summed E-state index contributed by atoms with van der Waals surface area (Å²) in [6, 6.07) is 6.85. The third-order valence-electron chi connectivity index (χ3n) is 3.20. The van der Waals surface area contributed by atoms with Crippen LogP contribution in [0.4, 0.5) is 5.82 Å². The predicted molar refractivity (Wildman–Crippen MR) is 86.1 cm³/mol. The van der Waals surface area contributed by atoms with Crippen molar-refractivity contribution in [2.75, 3.05) is 18.4 Å². The summed E-state index contributed by atoms with van der Waals surface area (Å²) in [5, 5.41) is 6.02. The van der Waals surface area contributed by atoms with Gasteiger partial charge in [-0.05, 0) is 31.0 Å². The van der Waals surface area contributed by atoms with Gasteiger partial charge >= 0.3 is 0 Å². The van der Waals surface area contributed by atoms with Crippen molar-refractivity contribution in [2.45, 2.75) is 13.3 Å². The van der Waals surface area contributed by atoms with E-state index in [2.05, 4.69) is 15.6 Å². The highest BCUT2D eigenvalue weighted by Crippen LogP contribution is 2.03. The molecule has 0 saturated heterocycles. The van der Waals surface area contributed by atoms with Crippen LogP contribution in [0.3, 0.4) is 0 Å². The Morgan fingerprint density at radius 3 is 2.73 bits per heavy atom. The molecule has 6 heteroatoms. The van der Waals surface area contributed by atoms with E-state index < -0.39 is 0 Å². The lowest BCUT2D eigenvalue weighted by molar-refractivity contribution is 0.0953. The molecular formula is C16H20N4O2. The van der Waals surface area contributed by atoms with Gasteiger partial charge in [0.15, 0.2) is 0 Å². The lowest BCUT2D eigenvalue weighted by Gasteiger charge is -2.08. The van der Waals surface area contributed by atoms with E-state index in [1.165, 1.54) is 22.9 Å². The third kappa shape index (κ3) is 4.44. The van der Waals surface area contributed by atoms with Gasteiger partial charge in [0.1, 0.15) is 5.82 Å². The van der Waals surface area contributed by atoms with Gasteiger partial charge in [0.2, 0.25) is 5.56 Å². The van der Waals surface area contributed by atoms with E-state index in [0.717, 1.165) is 24.3 Å². The van der Waals surface area contributed by atoms with E-state index >= 15 is 0 Å². The van der Waals surface area contributed by atoms with E-state index in [4.69, 9.17) is 0 Å². The second-order valence-electron chi connectivity index (χ2n) is 5.12. The maximum atomic E-state index is 11.9. The highest BCUT2D eigenvalue weighted by atomic mass is 16.1. The average Bonchev–Trinajstić information content (AvgIpc) is 2.51. The first-order valence-electron chi connectivity index (χ1n) is 7.17. The Labute approximate surface area is 129 Å². The molecule has 0 saturated carbocycles. The van der Waals surface area contributed by atoms with Crippen LogP contribution in [0.15, 0.2) is 41.5 Å². The Hall–Kier alpha value is -2.63. The van der Waals surface area contributed by atoms with Gasteiger partial charge in [-0.25, -0.2) is 4.98 Å². The predicted octanol–water partition coefficient (Wildman–Crippen LogP) is 1.32. The number of aryl methyl sites for hydroxylation is 2. The first-order chi connectivity index (χ1) is 10.6. The molecule has 2 N–H and O–H groups in total. The number of nitrogens with zero attached hydrogens (tertiary/aromatic N) is 2. The topological polar surface area (TPSA) is 76.0 Å². The van der Waals surface area contributed by atoms with Crippen LogP contribution in [-0.2, 0) is 7.05 Å². The molecule has 0 atom stereocenters. The summed E-state index contributed by atoms with van der Waals surface area (Å²) < 4.78 is 1.39. The standard InChI is InChI=1S/C16H20N4O2/c1-12-4-6-14(19-10-12)17-8-3-9-18-16(22)13-5-7-15(21)20(2)11-13/h4-7,10-11H,3,8-9H2,1-2H3,(H,17,19)(H,18,22). The van der Waals surface area contributed by atoms with Gasteiger partial charge in [0, 0.05) is 38.6 Å². The molecule has 0 unspecified atom stereocenters. The molecule has 2 rings (SSSR count). The molecule has 0 aliphatic heterocycles. The summed E-state index contributed by atoms with van der Waals surface area (Å²) in [7, 11) is 1.62. The molecule has 116 valence electrons. The summed E-state index contributed by atoms with van der Waals surface area (Å²) in [4.78, 5) is 27.4. The smallest absolute Gasteiger partial charge is 0.252 e. The Bertz CT molecular complexity index is 692. The molecule has 0 aromatic carbocycles. The number of hydrogen-bond acceptors (Lipinski definition) is 4. The number of pyridine rings is 2. The molecule has 0 aliphatic rings. The molecule has 0 fully saturated rings. The van der Waals surface area contributed by atoms with E-state index in [1.54, 1.807) is 7.05 Å². The fourth-order valence-corrected chi connectivity index (χ4v) is 1.91. The van der Waals surface area contributed by atoms with Crippen molar-refractivity contribution in [1.29, 1.82) is 0 Å². The largest absolute Gasteiger partial charge is 0.370 e. The summed E-state index contributed by atoms with van der Waals surface area (Å²) >= 11 is 0. The Kier molecular flexibility index (Phi) is 5.30. The minimum Gasteiger partial charge on any atom is -0.370 e. The van der Waals surface area contributed by atoms with Crippen molar-refractivity contribution in [3.05, 3.63) is 58.1 Å². The molecule has 0 spiro atoms. The lowest BCUT2D eigenvalue weighted by atomic mass is 10.2. The fraction of sp³-hybridized carbons (Fsp3) is 0.312. The minimum atomic E-state index is -0.177. The zero-order chi connectivity index (χ0) is 15.9. The highest BCUT2D eigenvalue weighted by Gasteiger charge is 2.05. The monoisotopic (exact) mass is 300 g/mol. The van der Waals surface area contributed by atoms with E-state index in [0.29, 0.717) is 12.1 Å². The second kappa shape index (κ2) is 7.40. The zero-order valence-corrected chi connectivity index (χ0v) is 12.8. The third-order valence-corrected chi connectivity index (χ3v) is 3.20. The Balaban J connectivity index is 1.72. The number of hydrogen-bond donors (Lipinski definition) is 2. The fourth-order valence-electron chi connectivity index (χ4n) is 1.91.